The molecule has 2 N–H and O–H groups in total. The van der Waals surface area contributed by atoms with Crippen LogP contribution in [0.15, 0.2) is 58.8 Å². The summed E-state index contributed by atoms with van der Waals surface area (Å²) in [7, 11) is 0. The van der Waals surface area contributed by atoms with Gasteiger partial charge in [-0.15, -0.1) is 5.11 Å². The fourth-order valence-electron chi connectivity index (χ4n) is 2.39. The first-order valence-electron chi connectivity index (χ1n) is 7.13. The van der Waals surface area contributed by atoms with Gasteiger partial charge in [0.15, 0.2) is 0 Å². The minimum absolute atomic E-state index is 0.00234. The number of rotatable bonds is 3. The maximum absolute atomic E-state index is 11.2. The van der Waals surface area contributed by atoms with Crippen LogP contribution in [0.4, 0.5) is 11.4 Å². The van der Waals surface area contributed by atoms with Gasteiger partial charge in [0.1, 0.15) is 11.4 Å². The molecule has 0 atom stereocenters. The largest absolute Gasteiger partial charge is 0.506 e. The predicted octanol–water partition coefficient (Wildman–Crippen LogP) is 5.62. The Labute approximate surface area is 142 Å². The van der Waals surface area contributed by atoms with Crippen LogP contribution in [0.2, 0.25) is 5.02 Å². The Bertz CT molecular complexity index is 983. The van der Waals surface area contributed by atoms with Gasteiger partial charge in [0.25, 0.3) is 0 Å². The van der Waals surface area contributed by atoms with Gasteiger partial charge in [-0.1, -0.05) is 41.9 Å². The number of benzene rings is 3. The number of aromatic carboxylic acids is 1. The summed E-state index contributed by atoms with van der Waals surface area (Å²) >= 11 is 5.92. The van der Waals surface area contributed by atoms with Gasteiger partial charge in [-0.2, -0.15) is 5.11 Å². The van der Waals surface area contributed by atoms with E-state index >= 15 is 0 Å². The van der Waals surface area contributed by atoms with E-state index < -0.39 is 5.97 Å². The fourth-order valence-corrected chi connectivity index (χ4v) is 2.68. The Hall–Kier alpha value is -2.92. The van der Waals surface area contributed by atoms with Crippen LogP contribution < -0.4 is 0 Å². The summed E-state index contributed by atoms with van der Waals surface area (Å²) in [6, 6.07) is 13.7. The summed E-state index contributed by atoms with van der Waals surface area (Å²) in [6.45, 7) is 1.76. The number of azo groups is 1. The van der Waals surface area contributed by atoms with Crippen LogP contribution in [0.25, 0.3) is 10.8 Å². The Morgan fingerprint density at radius 3 is 2.58 bits per heavy atom. The Kier molecular flexibility index (Phi) is 4.18. The van der Waals surface area contributed by atoms with Crippen LogP contribution in [0, 0.1) is 6.92 Å². The summed E-state index contributed by atoms with van der Waals surface area (Å²) in [6.07, 6.45) is 0. The quantitative estimate of drug-likeness (QED) is 0.607. The number of phenolic OH excluding ortho intramolecular Hbond substituents is 1. The third-order valence-electron chi connectivity index (χ3n) is 3.65. The molecule has 0 aliphatic carbocycles. The van der Waals surface area contributed by atoms with Crippen molar-refractivity contribution in [3.63, 3.8) is 0 Å². The number of phenols is 1. The summed E-state index contributed by atoms with van der Waals surface area (Å²) in [5.41, 5.74) is 1.36. The number of carbonyl (C=O) groups is 1. The summed E-state index contributed by atoms with van der Waals surface area (Å²) in [4.78, 5) is 11.2. The molecule has 0 saturated carbocycles. The standard InChI is InChI=1S/C18H13ClN2O3/c1-10-8-14(19)13(18(23)24)9-15(10)20-21-17-12-5-3-2-4-11(12)6-7-16(17)22/h2-9,22H,1H3,(H,23,24). The third-order valence-corrected chi connectivity index (χ3v) is 3.97. The van der Waals surface area contributed by atoms with Gasteiger partial charge in [0.2, 0.25) is 0 Å². The van der Waals surface area contributed by atoms with E-state index in [0.717, 1.165) is 10.8 Å². The van der Waals surface area contributed by atoms with Gasteiger partial charge in [0, 0.05) is 5.39 Å². The SMILES string of the molecule is Cc1cc(Cl)c(C(=O)O)cc1N=Nc1c(O)ccc2ccccc12. The number of hydrogen-bond acceptors (Lipinski definition) is 4. The number of aryl methyl sites for hydroxylation is 1. The molecule has 3 aromatic rings. The van der Waals surface area contributed by atoms with Gasteiger partial charge in [-0.25, -0.2) is 4.79 Å². The average Bonchev–Trinajstić information content (AvgIpc) is 2.55. The van der Waals surface area contributed by atoms with Crippen molar-refractivity contribution in [3.05, 3.63) is 64.7 Å². The van der Waals surface area contributed by atoms with Crippen LogP contribution >= 0.6 is 11.6 Å². The second-order valence-corrected chi connectivity index (χ2v) is 5.69. The van der Waals surface area contributed by atoms with Gasteiger partial charge in [0.05, 0.1) is 16.3 Å². The predicted molar refractivity (Wildman–Crippen MR) is 92.9 cm³/mol. The van der Waals surface area contributed by atoms with Crippen LogP contribution in [0.5, 0.6) is 5.75 Å². The van der Waals surface area contributed by atoms with E-state index in [4.69, 9.17) is 16.7 Å². The second-order valence-electron chi connectivity index (χ2n) is 5.28. The van der Waals surface area contributed by atoms with Crippen LogP contribution in [0.3, 0.4) is 0 Å². The van der Waals surface area contributed by atoms with Crippen molar-refractivity contribution in [1.82, 2.24) is 0 Å². The molecule has 0 unspecified atom stereocenters. The average molecular weight is 341 g/mol. The number of hydrogen-bond donors (Lipinski definition) is 2. The van der Waals surface area contributed by atoms with Crippen molar-refractivity contribution in [1.29, 1.82) is 0 Å². The highest BCUT2D eigenvalue weighted by molar-refractivity contribution is 6.33. The van der Waals surface area contributed by atoms with E-state index in [1.165, 1.54) is 12.1 Å². The molecule has 0 spiro atoms. The molecule has 5 nitrogen and oxygen atoms in total. The van der Waals surface area contributed by atoms with E-state index in [-0.39, 0.29) is 16.3 Å². The lowest BCUT2D eigenvalue weighted by Gasteiger charge is -2.06. The normalized spacial score (nSPS) is 11.2. The van der Waals surface area contributed by atoms with Crippen molar-refractivity contribution in [2.45, 2.75) is 6.92 Å². The molecule has 0 saturated heterocycles. The number of fused-ring (bicyclic) bond motifs is 1. The number of aromatic hydroxyl groups is 1. The van der Waals surface area contributed by atoms with Gasteiger partial charge in [-0.3, -0.25) is 0 Å². The van der Waals surface area contributed by atoms with Crippen molar-refractivity contribution in [3.8, 4) is 5.75 Å². The van der Waals surface area contributed by atoms with E-state index in [0.29, 0.717) is 16.9 Å². The highest BCUT2D eigenvalue weighted by atomic mass is 35.5. The molecule has 0 fully saturated rings. The molecule has 0 aliphatic heterocycles. The van der Waals surface area contributed by atoms with E-state index in [1.54, 1.807) is 19.1 Å². The maximum Gasteiger partial charge on any atom is 0.337 e. The van der Waals surface area contributed by atoms with Crippen molar-refractivity contribution >= 4 is 39.7 Å². The highest BCUT2D eigenvalue weighted by Crippen LogP contribution is 2.36. The molecule has 0 radical (unpaired) electrons. The monoisotopic (exact) mass is 340 g/mol. The topological polar surface area (TPSA) is 82.2 Å². The first-order chi connectivity index (χ1) is 11.5. The molecular formula is C18H13ClN2O3. The van der Waals surface area contributed by atoms with Crippen LogP contribution in [-0.2, 0) is 0 Å². The van der Waals surface area contributed by atoms with E-state index in [9.17, 15) is 9.90 Å². The van der Waals surface area contributed by atoms with Gasteiger partial charge < -0.3 is 10.2 Å². The molecule has 3 aromatic carbocycles. The zero-order valence-corrected chi connectivity index (χ0v) is 13.4. The first-order valence-corrected chi connectivity index (χ1v) is 7.51. The van der Waals surface area contributed by atoms with Crippen LogP contribution in [0.1, 0.15) is 15.9 Å². The lowest BCUT2D eigenvalue weighted by molar-refractivity contribution is 0.0697. The van der Waals surface area contributed by atoms with E-state index in [2.05, 4.69) is 10.2 Å². The Balaban J connectivity index is 2.11. The molecule has 0 bridgehead atoms. The fraction of sp³-hybridized carbons (Fsp3) is 0.0556. The van der Waals surface area contributed by atoms with Gasteiger partial charge >= 0.3 is 5.97 Å². The van der Waals surface area contributed by atoms with E-state index in [1.807, 2.05) is 24.3 Å². The lowest BCUT2D eigenvalue weighted by atomic mass is 10.1. The van der Waals surface area contributed by atoms with Crippen molar-refractivity contribution < 1.29 is 15.0 Å². The van der Waals surface area contributed by atoms with Crippen LogP contribution in [-0.4, -0.2) is 16.2 Å². The van der Waals surface area contributed by atoms with Crippen molar-refractivity contribution in [2.24, 2.45) is 10.2 Å². The molecular weight excluding hydrogens is 328 g/mol. The second kappa shape index (κ2) is 6.29. The molecule has 0 amide bonds. The Morgan fingerprint density at radius 1 is 1.08 bits per heavy atom. The molecule has 0 heterocycles. The molecule has 120 valence electrons. The minimum Gasteiger partial charge on any atom is -0.506 e. The number of carboxylic acid groups (broad SMARTS) is 1. The molecule has 0 aliphatic rings. The number of halogens is 1. The first kappa shape index (κ1) is 16.0. The lowest BCUT2D eigenvalue weighted by Crippen LogP contribution is -1.97. The number of nitrogens with zero attached hydrogens (tertiary/aromatic N) is 2. The van der Waals surface area contributed by atoms with Gasteiger partial charge in [-0.05, 0) is 36.1 Å². The summed E-state index contributed by atoms with van der Waals surface area (Å²) in [5.74, 6) is -1.13. The Morgan fingerprint density at radius 2 is 1.83 bits per heavy atom. The minimum atomic E-state index is -1.13. The molecule has 6 heteroatoms. The number of carboxylic acids is 1. The zero-order valence-electron chi connectivity index (χ0n) is 12.7. The molecule has 0 aromatic heterocycles. The summed E-state index contributed by atoms with van der Waals surface area (Å²) < 4.78 is 0. The molecule has 24 heavy (non-hydrogen) atoms. The van der Waals surface area contributed by atoms with Crippen molar-refractivity contribution in [2.75, 3.05) is 0 Å². The smallest absolute Gasteiger partial charge is 0.337 e. The third kappa shape index (κ3) is 2.94. The zero-order chi connectivity index (χ0) is 17.3. The highest BCUT2D eigenvalue weighted by Gasteiger charge is 2.12. The molecule has 3 rings (SSSR count). The summed E-state index contributed by atoms with van der Waals surface area (Å²) in [5, 5.41) is 29.3. The maximum atomic E-state index is 11.2.